The first-order valence-corrected chi connectivity index (χ1v) is 10.7. The third-order valence-corrected chi connectivity index (χ3v) is 5.16. The molecule has 0 atom stereocenters. The van der Waals surface area contributed by atoms with Crippen molar-refractivity contribution in [2.45, 2.75) is 26.4 Å². The first-order chi connectivity index (χ1) is 15.9. The second-order valence-corrected chi connectivity index (χ2v) is 7.71. The molecule has 0 radical (unpaired) electrons. The van der Waals surface area contributed by atoms with Crippen LogP contribution in [-0.4, -0.2) is 57.3 Å². The average Bonchev–Trinajstić information content (AvgIpc) is 3.05. The van der Waals surface area contributed by atoms with Gasteiger partial charge in [-0.2, -0.15) is 0 Å². The topological polar surface area (TPSA) is 86.3 Å². The van der Waals surface area contributed by atoms with Gasteiger partial charge in [-0.15, -0.1) is 0 Å². The highest BCUT2D eigenvalue weighted by atomic mass is 16.5. The van der Waals surface area contributed by atoms with E-state index in [2.05, 4.69) is 5.32 Å². The molecule has 2 aromatic rings. The monoisotopic (exact) mass is 454 g/mol. The molecule has 0 bridgehead atoms. The smallest absolute Gasteiger partial charge is 0.278 e. The predicted octanol–water partition coefficient (Wildman–Crippen LogP) is 3.72. The number of benzene rings is 2. The van der Waals surface area contributed by atoms with Gasteiger partial charge in [0, 0.05) is 24.9 Å². The van der Waals surface area contributed by atoms with Crippen molar-refractivity contribution in [1.29, 1.82) is 0 Å². The molecule has 8 heteroatoms. The summed E-state index contributed by atoms with van der Waals surface area (Å²) in [6, 6.07) is 12.3. The van der Waals surface area contributed by atoms with Crippen molar-refractivity contribution in [2.75, 3.05) is 39.8 Å². The Morgan fingerprint density at radius 3 is 2.33 bits per heavy atom. The van der Waals surface area contributed by atoms with Gasteiger partial charge in [0.15, 0.2) is 11.5 Å². The van der Waals surface area contributed by atoms with Gasteiger partial charge in [-0.1, -0.05) is 12.1 Å². The number of methoxy groups -OCH3 is 3. The zero-order chi connectivity index (χ0) is 24.0. The quantitative estimate of drug-likeness (QED) is 0.409. The number of rotatable bonds is 11. The lowest BCUT2D eigenvalue weighted by atomic mass is 10.0. The van der Waals surface area contributed by atoms with Gasteiger partial charge >= 0.3 is 0 Å². The first kappa shape index (κ1) is 24.1. The zero-order valence-electron chi connectivity index (χ0n) is 19.6. The van der Waals surface area contributed by atoms with E-state index in [0.29, 0.717) is 41.5 Å². The maximum absolute atomic E-state index is 13.4. The molecule has 1 heterocycles. The summed E-state index contributed by atoms with van der Waals surface area (Å²) < 4.78 is 21.6. The number of anilines is 1. The molecule has 0 aliphatic carbocycles. The molecule has 33 heavy (non-hydrogen) atoms. The van der Waals surface area contributed by atoms with Gasteiger partial charge in [0.25, 0.3) is 11.8 Å². The molecule has 0 spiro atoms. The Morgan fingerprint density at radius 1 is 0.909 bits per heavy atom. The normalized spacial score (nSPS) is 13.7. The fraction of sp³-hybridized carbons (Fsp3) is 0.360. The van der Waals surface area contributed by atoms with E-state index in [1.807, 2.05) is 13.8 Å². The van der Waals surface area contributed by atoms with Gasteiger partial charge in [0.05, 0.1) is 33.0 Å². The minimum atomic E-state index is -0.392. The number of amides is 2. The number of nitrogens with one attached hydrogen (secondary N) is 1. The highest BCUT2D eigenvalue weighted by Crippen LogP contribution is 2.36. The van der Waals surface area contributed by atoms with E-state index in [9.17, 15) is 9.59 Å². The Morgan fingerprint density at radius 2 is 1.67 bits per heavy atom. The van der Waals surface area contributed by atoms with Crippen molar-refractivity contribution in [3.05, 3.63) is 53.7 Å². The van der Waals surface area contributed by atoms with Crippen LogP contribution in [0.25, 0.3) is 5.57 Å². The lowest BCUT2D eigenvalue weighted by molar-refractivity contribution is -0.137. The van der Waals surface area contributed by atoms with Crippen LogP contribution < -0.4 is 19.5 Å². The molecule has 2 aromatic carbocycles. The number of ether oxygens (including phenoxy) is 4. The molecule has 0 saturated heterocycles. The minimum Gasteiger partial charge on any atom is -0.497 e. The maximum Gasteiger partial charge on any atom is 0.278 e. The predicted molar refractivity (Wildman–Crippen MR) is 126 cm³/mol. The van der Waals surface area contributed by atoms with Gasteiger partial charge in [-0.3, -0.25) is 14.5 Å². The highest BCUT2D eigenvalue weighted by Gasteiger charge is 2.39. The van der Waals surface area contributed by atoms with E-state index in [4.69, 9.17) is 18.9 Å². The number of imide groups is 1. The van der Waals surface area contributed by atoms with E-state index < -0.39 is 5.91 Å². The number of carbonyl (C=O) groups excluding carboxylic acids is 2. The molecule has 0 aromatic heterocycles. The van der Waals surface area contributed by atoms with Gasteiger partial charge in [-0.05, 0) is 50.1 Å². The van der Waals surface area contributed by atoms with Gasteiger partial charge in [-0.25, -0.2) is 0 Å². The summed E-state index contributed by atoms with van der Waals surface area (Å²) in [5, 5.41) is 3.13. The largest absolute Gasteiger partial charge is 0.497 e. The summed E-state index contributed by atoms with van der Waals surface area (Å²) in [7, 11) is 4.63. The molecule has 8 nitrogen and oxygen atoms in total. The molecule has 0 saturated carbocycles. The van der Waals surface area contributed by atoms with Crippen LogP contribution in [0.2, 0.25) is 0 Å². The summed E-state index contributed by atoms with van der Waals surface area (Å²) in [6.07, 6.45) is 0.627. The van der Waals surface area contributed by atoms with E-state index in [0.717, 1.165) is 0 Å². The van der Waals surface area contributed by atoms with Crippen LogP contribution in [0, 0.1) is 0 Å². The fourth-order valence-electron chi connectivity index (χ4n) is 3.54. The van der Waals surface area contributed by atoms with Crippen molar-refractivity contribution in [1.82, 2.24) is 4.90 Å². The minimum absolute atomic E-state index is 0.0840. The van der Waals surface area contributed by atoms with Crippen LogP contribution >= 0.6 is 0 Å². The fourth-order valence-corrected chi connectivity index (χ4v) is 3.54. The highest BCUT2D eigenvalue weighted by molar-refractivity contribution is 6.36. The van der Waals surface area contributed by atoms with Gasteiger partial charge in [0.2, 0.25) is 0 Å². The molecule has 0 unspecified atom stereocenters. The molecular weight excluding hydrogens is 424 g/mol. The molecule has 1 aliphatic rings. The number of hydrogen-bond acceptors (Lipinski definition) is 7. The lowest BCUT2D eigenvalue weighted by Crippen LogP contribution is -2.34. The summed E-state index contributed by atoms with van der Waals surface area (Å²) in [6.45, 7) is 4.60. The van der Waals surface area contributed by atoms with Crippen molar-refractivity contribution >= 4 is 23.1 Å². The Kier molecular flexibility index (Phi) is 7.95. The van der Waals surface area contributed by atoms with E-state index in [-0.39, 0.29) is 29.8 Å². The van der Waals surface area contributed by atoms with Gasteiger partial charge in [0.1, 0.15) is 11.4 Å². The van der Waals surface area contributed by atoms with Crippen molar-refractivity contribution < 1.29 is 28.5 Å². The van der Waals surface area contributed by atoms with E-state index in [1.54, 1.807) is 49.6 Å². The molecule has 1 aliphatic heterocycles. The zero-order valence-corrected chi connectivity index (χ0v) is 19.6. The Balaban J connectivity index is 1.98. The molecule has 2 amide bonds. The summed E-state index contributed by atoms with van der Waals surface area (Å²) >= 11 is 0. The maximum atomic E-state index is 13.4. The van der Waals surface area contributed by atoms with Crippen LogP contribution in [-0.2, 0) is 14.3 Å². The summed E-state index contributed by atoms with van der Waals surface area (Å²) in [4.78, 5) is 28.0. The second-order valence-electron chi connectivity index (χ2n) is 7.71. The van der Waals surface area contributed by atoms with E-state index in [1.165, 1.54) is 19.1 Å². The molecule has 0 fully saturated rings. The molecular formula is C25H30N2O6. The average molecular weight is 455 g/mol. The Hall–Kier alpha value is -3.52. The summed E-state index contributed by atoms with van der Waals surface area (Å²) in [5.41, 5.74) is 1.66. The summed E-state index contributed by atoms with van der Waals surface area (Å²) in [5.74, 6) is 0.864. The SMILES string of the molecule is COc1cccc(NC2=C(c3ccc(OC)c(OC)c3)C(=O)N(CCCOC(C)C)C2=O)c1. The van der Waals surface area contributed by atoms with Gasteiger partial charge < -0.3 is 24.3 Å². The van der Waals surface area contributed by atoms with Crippen molar-refractivity contribution in [3.63, 3.8) is 0 Å². The number of nitrogens with zero attached hydrogens (tertiary/aromatic N) is 1. The van der Waals surface area contributed by atoms with Crippen LogP contribution in [0.1, 0.15) is 25.8 Å². The first-order valence-electron chi connectivity index (χ1n) is 10.7. The second kappa shape index (κ2) is 10.9. The van der Waals surface area contributed by atoms with E-state index >= 15 is 0 Å². The van der Waals surface area contributed by atoms with Crippen molar-refractivity contribution in [3.8, 4) is 17.2 Å². The van der Waals surface area contributed by atoms with Crippen LogP contribution in [0.4, 0.5) is 5.69 Å². The van der Waals surface area contributed by atoms with Crippen molar-refractivity contribution in [2.24, 2.45) is 0 Å². The third-order valence-electron chi connectivity index (χ3n) is 5.16. The molecule has 176 valence electrons. The standard InChI is InChI=1S/C25H30N2O6/c1-16(2)33-13-7-12-27-24(28)22(17-10-11-20(31-4)21(14-17)32-5)23(25(27)29)26-18-8-6-9-19(15-18)30-3/h6,8-11,14-16,26H,7,12-13H2,1-5H3. The van der Waals surface area contributed by atoms with Crippen LogP contribution in [0.5, 0.6) is 17.2 Å². The molecule has 1 N–H and O–H groups in total. The number of hydrogen-bond donors (Lipinski definition) is 1. The Labute approximate surface area is 194 Å². The Bertz CT molecular complexity index is 1050. The third kappa shape index (κ3) is 5.46. The van der Waals surface area contributed by atoms with Crippen LogP contribution in [0.3, 0.4) is 0 Å². The number of carbonyl (C=O) groups is 2. The molecule has 3 rings (SSSR count). The lowest BCUT2D eigenvalue weighted by Gasteiger charge is -2.16. The van der Waals surface area contributed by atoms with Crippen LogP contribution in [0.15, 0.2) is 48.2 Å².